The number of hydrogen-bond acceptors (Lipinski definition) is 4. The van der Waals surface area contributed by atoms with Crippen LogP contribution in [0.2, 0.25) is 0 Å². The maximum absolute atomic E-state index is 9.84. The van der Waals surface area contributed by atoms with Crippen LogP contribution in [0.25, 0.3) is 0 Å². The molecule has 0 aliphatic rings. The Morgan fingerprint density at radius 2 is 1.69 bits per heavy atom. The van der Waals surface area contributed by atoms with Gasteiger partial charge in [0.15, 0.2) is 17.5 Å². The van der Waals surface area contributed by atoms with E-state index in [4.69, 9.17) is 9.47 Å². The van der Waals surface area contributed by atoms with Crippen LogP contribution in [0.4, 0.5) is 0 Å². The van der Waals surface area contributed by atoms with Crippen molar-refractivity contribution in [1.82, 2.24) is 10.6 Å². The predicted octanol–water partition coefficient (Wildman–Crippen LogP) is 3.28. The molecule has 3 N–H and O–H groups in total. The molecule has 0 bridgehead atoms. The van der Waals surface area contributed by atoms with E-state index in [1.54, 1.807) is 19.2 Å². The molecule has 0 spiro atoms. The summed E-state index contributed by atoms with van der Waals surface area (Å²) in [4.78, 5) is 4.55. The Labute approximate surface area is 171 Å². The van der Waals surface area contributed by atoms with Crippen LogP contribution >= 0.6 is 24.0 Å². The van der Waals surface area contributed by atoms with E-state index in [-0.39, 0.29) is 29.7 Å². The average molecular weight is 471 g/mol. The number of guanidine groups is 1. The quantitative estimate of drug-likeness (QED) is 0.329. The Bertz CT molecular complexity index is 706. The highest BCUT2D eigenvalue weighted by atomic mass is 127. The molecule has 0 radical (unpaired) electrons. The van der Waals surface area contributed by atoms with Gasteiger partial charge in [-0.1, -0.05) is 18.2 Å². The molecule has 0 aliphatic carbocycles. The van der Waals surface area contributed by atoms with Gasteiger partial charge in [-0.25, -0.2) is 4.99 Å². The van der Waals surface area contributed by atoms with Gasteiger partial charge in [-0.05, 0) is 42.3 Å². The number of benzene rings is 2. The van der Waals surface area contributed by atoms with Crippen LogP contribution in [0, 0.1) is 0 Å². The van der Waals surface area contributed by atoms with E-state index in [2.05, 4.69) is 15.6 Å². The maximum atomic E-state index is 9.84. The van der Waals surface area contributed by atoms with E-state index in [1.165, 1.54) is 7.11 Å². The number of hydrogen-bond donors (Lipinski definition) is 3. The van der Waals surface area contributed by atoms with Gasteiger partial charge in [-0.2, -0.15) is 0 Å². The van der Waals surface area contributed by atoms with Gasteiger partial charge >= 0.3 is 0 Å². The highest BCUT2D eigenvalue weighted by molar-refractivity contribution is 14.0. The van der Waals surface area contributed by atoms with Crippen molar-refractivity contribution in [1.29, 1.82) is 0 Å². The summed E-state index contributed by atoms with van der Waals surface area (Å²) in [7, 11) is 3.18. The molecular weight excluding hydrogens is 445 g/mol. The van der Waals surface area contributed by atoms with E-state index < -0.39 is 0 Å². The SMILES string of the molecule is CCNC(=NCc1ccc(OC)c(O)c1)NCc1ccc(OC)cc1.I. The van der Waals surface area contributed by atoms with Gasteiger partial charge < -0.3 is 25.2 Å². The second-order valence-corrected chi connectivity index (χ2v) is 5.40. The van der Waals surface area contributed by atoms with E-state index >= 15 is 0 Å². The first-order valence-electron chi connectivity index (χ1n) is 8.17. The zero-order valence-corrected chi connectivity index (χ0v) is 17.6. The lowest BCUT2D eigenvalue weighted by atomic mass is 10.2. The number of rotatable bonds is 7. The van der Waals surface area contributed by atoms with Crippen LogP contribution < -0.4 is 20.1 Å². The first-order valence-corrected chi connectivity index (χ1v) is 8.17. The molecule has 7 heteroatoms. The lowest BCUT2D eigenvalue weighted by Crippen LogP contribution is -2.36. The van der Waals surface area contributed by atoms with Gasteiger partial charge in [0.1, 0.15) is 5.75 Å². The van der Waals surface area contributed by atoms with Gasteiger partial charge in [0.2, 0.25) is 0 Å². The number of methoxy groups -OCH3 is 2. The van der Waals surface area contributed by atoms with Crippen molar-refractivity contribution < 1.29 is 14.6 Å². The van der Waals surface area contributed by atoms with Crippen LogP contribution in [-0.2, 0) is 13.1 Å². The smallest absolute Gasteiger partial charge is 0.191 e. The van der Waals surface area contributed by atoms with Crippen molar-refractivity contribution >= 4 is 29.9 Å². The highest BCUT2D eigenvalue weighted by Crippen LogP contribution is 2.26. The third-order valence-electron chi connectivity index (χ3n) is 3.63. The maximum Gasteiger partial charge on any atom is 0.191 e. The van der Waals surface area contributed by atoms with Crippen molar-refractivity contribution in [3.8, 4) is 17.2 Å². The van der Waals surface area contributed by atoms with Crippen LogP contribution in [-0.4, -0.2) is 31.8 Å². The molecule has 6 nitrogen and oxygen atoms in total. The average Bonchev–Trinajstić information content (AvgIpc) is 2.64. The molecule has 26 heavy (non-hydrogen) atoms. The predicted molar refractivity (Wildman–Crippen MR) is 115 cm³/mol. The fraction of sp³-hybridized carbons (Fsp3) is 0.316. The normalized spacial score (nSPS) is 10.7. The summed E-state index contributed by atoms with van der Waals surface area (Å²) >= 11 is 0. The third-order valence-corrected chi connectivity index (χ3v) is 3.63. The number of nitrogens with zero attached hydrogens (tertiary/aromatic N) is 1. The zero-order chi connectivity index (χ0) is 18.1. The van der Waals surface area contributed by atoms with E-state index in [0.29, 0.717) is 24.8 Å². The Kier molecular flexibility index (Phi) is 9.64. The molecule has 0 unspecified atom stereocenters. The molecule has 2 aromatic rings. The Morgan fingerprint density at radius 3 is 2.27 bits per heavy atom. The van der Waals surface area contributed by atoms with Crippen molar-refractivity contribution in [2.45, 2.75) is 20.0 Å². The van der Waals surface area contributed by atoms with Crippen molar-refractivity contribution in [3.63, 3.8) is 0 Å². The molecule has 0 fully saturated rings. The van der Waals surface area contributed by atoms with Crippen LogP contribution in [0.15, 0.2) is 47.5 Å². The number of ether oxygens (including phenoxy) is 2. The standard InChI is InChI=1S/C19H25N3O3.HI/c1-4-20-19(21-12-14-5-8-16(24-2)9-6-14)22-13-15-7-10-18(25-3)17(23)11-15;/h5-11,23H,4,12-13H2,1-3H3,(H2,20,21,22);1H. The van der Waals surface area contributed by atoms with Gasteiger partial charge in [0, 0.05) is 13.1 Å². The van der Waals surface area contributed by atoms with Crippen molar-refractivity contribution in [2.24, 2.45) is 4.99 Å². The number of phenolic OH excluding ortho intramolecular Hbond substituents is 1. The molecule has 142 valence electrons. The summed E-state index contributed by atoms with van der Waals surface area (Å²) in [6.45, 7) is 3.89. The molecule has 0 atom stereocenters. The lowest BCUT2D eigenvalue weighted by molar-refractivity contribution is 0.373. The van der Waals surface area contributed by atoms with Crippen molar-refractivity contribution in [3.05, 3.63) is 53.6 Å². The van der Waals surface area contributed by atoms with Crippen LogP contribution in [0.5, 0.6) is 17.2 Å². The monoisotopic (exact) mass is 471 g/mol. The number of halogens is 1. The van der Waals surface area contributed by atoms with Crippen LogP contribution in [0.1, 0.15) is 18.1 Å². The first-order chi connectivity index (χ1) is 12.2. The zero-order valence-electron chi connectivity index (χ0n) is 15.3. The second-order valence-electron chi connectivity index (χ2n) is 5.40. The summed E-state index contributed by atoms with van der Waals surface area (Å²) in [5, 5.41) is 16.3. The van der Waals surface area contributed by atoms with E-state index in [9.17, 15) is 5.11 Å². The number of aliphatic imine (C=N–C) groups is 1. The van der Waals surface area contributed by atoms with Gasteiger partial charge in [0.25, 0.3) is 0 Å². The minimum Gasteiger partial charge on any atom is -0.504 e. The Hall–Kier alpha value is -2.16. The van der Waals surface area contributed by atoms with Gasteiger partial charge in [-0.3, -0.25) is 0 Å². The van der Waals surface area contributed by atoms with Crippen molar-refractivity contribution in [2.75, 3.05) is 20.8 Å². The molecular formula is C19H26IN3O3. The molecule has 0 amide bonds. The molecule has 0 aliphatic heterocycles. The summed E-state index contributed by atoms with van der Waals surface area (Å²) < 4.78 is 10.2. The molecule has 2 aromatic carbocycles. The minimum absolute atomic E-state index is 0. The van der Waals surface area contributed by atoms with Gasteiger partial charge in [-0.15, -0.1) is 24.0 Å². The fourth-order valence-electron chi connectivity index (χ4n) is 2.28. The first kappa shape index (κ1) is 21.9. The molecule has 0 saturated heterocycles. The lowest BCUT2D eigenvalue weighted by Gasteiger charge is -2.12. The Morgan fingerprint density at radius 1 is 1.00 bits per heavy atom. The largest absolute Gasteiger partial charge is 0.504 e. The summed E-state index contributed by atoms with van der Waals surface area (Å²) in [5.41, 5.74) is 2.04. The number of nitrogens with one attached hydrogen (secondary N) is 2. The highest BCUT2D eigenvalue weighted by Gasteiger charge is 2.03. The molecule has 0 heterocycles. The second kappa shape index (κ2) is 11.5. The molecule has 0 aromatic heterocycles. The Balaban J connectivity index is 0.00000338. The molecule has 2 rings (SSSR count). The van der Waals surface area contributed by atoms with E-state index in [0.717, 1.165) is 23.4 Å². The minimum atomic E-state index is 0. The topological polar surface area (TPSA) is 75.1 Å². The molecule has 0 saturated carbocycles. The van der Waals surface area contributed by atoms with Crippen LogP contribution in [0.3, 0.4) is 0 Å². The summed E-state index contributed by atoms with van der Waals surface area (Å²) in [6.07, 6.45) is 0. The van der Waals surface area contributed by atoms with Gasteiger partial charge in [0.05, 0.1) is 20.8 Å². The van der Waals surface area contributed by atoms with E-state index in [1.807, 2.05) is 37.3 Å². The number of aromatic hydroxyl groups is 1. The number of phenols is 1. The summed E-state index contributed by atoms with van der Waals surface area (Å²) in [5.74, 6) is 2.13. The fourth-order valence-corrected chi connectivity index (χ4v) is 2.28. The summed E-state index contributed by atoms with van der Waals surface area (Å²) in [6, 6.07) is 13.2. The third kappa shape index (κ3) is 6.62.